The molecule has 12 nitrogen and oxygen atoms in total. The van der Waals surface area contributed by atoms with Gasteiger partial charge in [-0.25, -0.2) is 0 Å². The topological polar surface area (TPSA) is 131 Å². The Morgan fingerprint density at radius 1 is 1.09 bits per heavy atom. The minimum atomic E-state index is -0.0357. The highest BCUT2D eigenvalue weighted by molar-refractivity contribution is 6.31. The van der Waals surface area contributed by atoms with Crippen molar-refractivity contribution < 1.29 is 19.0 Å². The van der Waals surface area contributed by atoms with E-state index < -0.39 is 0 Å². The maximum Gasteiger partial charge on any atom is 0.318 e. The van der Waals surface area contributed by atoms with Crippen LogP contribution in [-0.2, 0) is 29.2 Å². The van der Waals surface area contributed by atoms with Gasteiger partial charge in [-0.3, -0.25) is 9.69 Å². The molecule has 0 N–H and O–H groups in total. The van der Waals surface area contributed by atoms with Gasteiger partial charge in [-0.05, 0) is 56.4 Å². The molecule has 0 unspecified atom stereocenters. The molecule has 1 amide bonds. The number of hydrogen-bond acceptors (Lipinski definition) is 11. The van der Waals surface area contributed by atoms with E-state index in [0.717, 1.165) is 28.4 Å². The van der Waals surface area contributed by atoms with Gasteiger partial charge in [-0.1, -0.05) is 45.9 Å². The average molecular weight is 673 g/mol. The van der Waals surface area contributed by atoms with Crippen molar-refractivity contribution in [2.75, 3.05) is 72.5 Å². The fourth-order valence-electron chi connectivity index (χ4n) is 4.59. The average Bonchev–Trinajstić information content (AvgIpc) is 3.52. The van der Waals surface area contributed by atoms with Crippen molar-refractivity contribution in [2.45, 2.75) is 60.7 Å². The quantitative estimate of drug-likeness (QED) is 0.247. The number of ether oxygens (including phenoxy) is 3. The number of hydrogen-bond donors (Lipinski definition) is 0. The lowest BCUT2D eigenvalue weighted by atomic mass is 10.2. The van der Waals surface area contributed by atoms with Gasteiger partial charge < -0.3 is 28.9 Å². The van der Waals surface area contributed by atoms with E-state index in [2.05, 4.69) is 56.9 Å². The number of halogens is 1. The number of amides is 1. The highest BCUT2D eigenvalue weighted by Gasteiger charge is 2.30. The van der Waals surface area contributed by atoms with Crippen molar-refractivity contribution >= 4 is 23.3 Å². The van der Waals surface area contributed by atoms with Crippen LogP contribution in [0.2, 0.25) is 5.02 Å². The van der Waals surface area contributed by atoms with E-state index in [1.54, 1.807) is 25.2 Å². The lowest BCUT2D eigenvalue weighted by Gasteiger charge is -2.35. The largest absolute Gasteiger partial charge is 0.497 e. The highest BCUT2D eigenvalue weighted by atomic mass is 35.5. The van der Waals surface area contributed by atoms with E-state index in [9.17, 15) is 4.79 Å². The molecule has 0 aliphatic carbocycles. The van der Waals surface area contributed by atoms with Crippen LogP contribution >= 0.6 is 11.6 Å². The van der Waals surface area contributed by atoms with Crippen LogP contribution in [0, 0.1) is 22.8 Å². The van der Waals surface area contributed by atoms with Gasteiger partial charge in [0.1, 0.15) is 11.6 Å². The number of fused-ring (bicyclic) bond motifs is 1. The standard InChI is InChI=1S/C22H26ClN5O3.C6H15N.C2H3NO.C2H3N.C2H6/c1-4-20(29)27-7-9-28(10-8-27)21-17-13-26(14-19(17)24-22(25-21)31-3)12-15-11-16(30-2)5-6-18(15)23;1-4-6-7(3)5-2;1-4-2-3;1-2-3;1-2/h4-6,11H,1,7-10,12-14H2,2-3H3;4-6H2,1-3H3;1H3;1H3;1-2H3. The first kappa shape index (κ1) is 42.9. The summed E-state index contributed by atoms with van der Waals surface area (Å²) in [7, 11) is 6.69. The number of carbonyl (C=O) groups excluding carboxylic acids is 1. The monoisotopic (exact) mass is 672 g/mol. The molecule has 2 aromatic rings. The van der Waals surface area contributed by atoms with Gasteiger partial charge in [-0.15, -0.1) is 0 Å². The third-order valence-electron chi connectivity index (χ3n) is 6.94. The number of anilines is 1. The van der Waals surface area contributed by atoms with Gasteiger partial charge in [0.2, 0.25) is 5.91 Å². The van der Waals surface area contributed by atoms with Crippen molar-refractivity contribution in [3.05, 3.63) is 52.7 Å². The Labute approximate surface area is 287 Å². The Kier molecular flexibility index (Phi) is 22.9. The molecular formula is C34H53ClN8O4. The molecule has 1 aromatic heterocycles. The van der Waals surface area contributed by atoms with Crippen molar-refractivity contribution in [1.29, 1.82) is 10.5 Å². The number of nitriles is 2. The Morgan fingerprint density at radius 3 is 2.17 bits per heavy atom. The summed E-state index contributed by atoms with van der Waals surface area (Å²) < 4.78 is 14.6. The van der Waals surface area contributed by atoms with Crippen molar-refractivity contribution in [2.24, 2.45) is 0 Å². The first-order chi connectivity index (χ1) is 22.7. The van der Waals surface area contributed by atoms with Gasteiger partial charge >= 0.3 is 6.01 Å². The molecule has 260 valence electrons. The number of methoxy groups -OCH3 is 3. The molecular weight excluding hydrogens is 620 g/mol. The summed E-state index contributed by atoms with van der Waals surface area (Å²) in [5, 5.41) is 15.4. The molecule has 1 fully saturated rings. The van der Waals surface area contributed by atoms with Crippen molar-refractivity contribution in [3.63, 3.8) is 0 Å². The van der Waals surface area contributed by atoms with E-state index in [-0.39, 0.29) is 5.91 Å². The van der Waals surface area contributed by atoms with Gasteiger partial charge in [0.25, 0.3) is 6.26 Å². The number of aromatic nitrogens is 2. The first-order valence-electron chi connectivity index (χ1n) is 15.7. The van der Waals surface area contributed by atoms with Crippen LogP contribution in [0.5, 0.6) is 11.8 Å². The first-order valence-corrected chi connectivity index (χ1v) is 16.1. The zero-order valence-electron chi connectivity index (χ0n) is 29.7. The maximum absolute atomic E-state index is 11.9. The molecule has 0 bridgehead atoms. The Bertz CT molecular complexity index is 1290. The summed E-state index contributed by atoms with van der Waals surface area (Å²) in [5.41, 5.74) is 3.07. The van der Waals surface area contributed by atoms with E-state index in [1.807, 2.05) is 32.0 Å². The highest BCUT2D eigenvalue weighted by Crippen LogP contribution is 2.33. The second-order valence-corrected chi connectivity index (χ2v) is 10.4. The molecule has 0 atom stereocenters. The van der Waals surface area contributed by atoms with E-state index in [1.165, 1.54) is 45.9 Å². The van der Waals surface area contributed by atoms with Gasteiger partial charge in [0.05, 0.1) is 33.1 Å². The molecule has 2 aliphatic heterocycles. The summed E-state index contributed by atoms with van der Waals surface area (Å²) in [6, 6.07) is 7.79. The van der Waals surface area contributed by atoms with Crippen LogP contribution in [0.3, 0.4) is 0 Å². The summed E-state index contributed by atoms with van der Waals surface area (Å²) in [6.45, 7) is 20.5. The number of rotatable bonds is 9. The number of nitrogens with zero attached hydrogens (tertiary/aromatic N) is 8. The van der Waals surface area contributed by atoms with Gasteiger partial charge in [0, 0.05) is 63.3 Å². The number of carbonyl (C=O) groups is 1. The second kappa shape index (κ2) is 25.0. The van der Waals surface area contributed by atoms with E-state index in [4.69, 9.17) is 31.6 Å². The van der Waals surface area contributed by atoms with Crippen LogP contribution in [0.1, 0.15) is 57.9 Å². The van der Waals surface area contributed by atoms with Crippen LogP contribution in [0.15, 0.2) is 30.9 Å². The molecule has 0 radical (unpaired) electrons. The van der Waals surface area contributed by atoms with E-state index in [0.29, 0.717) is 56.8 Å². The molecule has 13 heteroatoms. The summed E-state index contributed by atoms with van der Waals surface area (Å²) in [5.74, 6) is 1.63. The predicted octanol–water partition coefficient (Wildman–Crippen LogP) is 5.52. The Balaban J connectivity index is 0.00000111. The summed E-state index contributed by atoms with van der Waals surface area (Å²) >= 11 is 6.42. The fourth-order valence-corrected chi connectivity index (χ4v) is 4.77. The van der Waals surface area contributed by atoms with Crippen molar-refractivity contribution in [1.82, 2.24) is 24.7 Å². The number of piperazine rings is 1. The lowest BCUT2D eigenvalue weighted by Crippen LogP contribution is -2.48. The molecule has 2 aliphatic rings. The minimum Gasteiger partial charge on any atom is -0.497 e. The molecule has 4 rings (SSSR count). The smallest absolute Gasteiger partial charge is 0.318 e. The van der Waals surface area contributed by atoms with Crippen LogP contribution in [0.4, 0.5) is 5.82 Å². The minimum absolute atomic E-state index is 0.0357. The maximum atomic E-state index is 11.9. The SMILES string of the molecule is C=CC(=O)N1CCN(c2nc(OC)nc3c2CN(Cc2cc(OC)ccc2Cl)C3)CC1.CC.CC#N.CCCN(C)CC.COC#N. The van der Waals surface area contributed by atoms with Crippen LogP contribution < -0.4 is 14.4 Å². The molecule has 0 saturated carbocycles. The zero-order valence-corrected chi connectivity index (χ0v) is 30.4. The molecule has 1 saturated heterocycles. The Hall–Kier alpha value is -4.10. The third-order valence-corrected chi connectivity index (χ3v) is 7.31. The summed E-state index contributed by atoms with van der Waals surface area (Å²) in [6.07, 6.45) is 4.06. The van der Waals surface area contributed by atoms with Crippen LogP contribution in [-0.4, -0.2) is 98.2 Å². The molecule has 3 heterocycles. The predicted molar refractivity (Wildman–Crippen MR) is 187 cm³/mol. The van der Waals surface area contributed by atoms with Crippen LogP contribution in [0.25, 0.3) is 0 Å². The van der Waals surface area contributed by atoms with E-state index >= 15 is 0 Å². The number of benzene rings is 1. The zero-order chi connectivity index (χ0) is 35.8. The van der Waals surface area contributed by atoms with Crippen molar-refractivity contribution in [3.8, 4) is 24.1 Å². The second-order valence-electron chi connectivity index (χ2n) is 9.99. The Morgan fingerprint density at radius 2 is 1.70 bits per heavy atom. The van der Waals surface area contributed by atoms with Gasteiger partial charge in [-0.2, -0.15) is 20.5 Å². The van der Waals surface area contributed by atoms with Gasteiger partial charge in [0.15, 0.2) is 0 Å². The molecule has 0 spiro atoms. The third kappa shape index (κ3) is 14.9. The lowest BCUT2D eigenvalue weighted by molar-refractivity contribution is -0.126. The summed E-state index contributed by atoms with van der Waals surface area (Å²) in [4.78, 5) is 29.8. The molecule has 47 heavy (non-hydrogen) atoms. The molecule has 1 aromatic carbocycles. The fraction of sp³-hybridized carbons (Fsp3) is 0.559. The normalized spacial score (nSPS) is 12.9.